The van der Waals surface area contributed by atoms with Crippen LogP contribution in [-0.4, -0.2) is 54.7 Å². The maximum Gasteiger partial charge on any atom is 0.151 e. The van der Waals surface area contributed by atoms with Crippen LogP contribution in [0.1, 0.15) is 38.6 Å². The van der Waals surface area contributed by atoms with E-state index in [0.717, 1.165) is 50.6 Å². The molecular formula is C15H30N4O. The monoisotopic (exact) mass is 282 g/mol. The highest BCUT2D eigenvalue weighted by atomic mass is 16.5. The molecule has 1 rings (SSSR count). The topological polar surface area (TPSA) is 44.5 Å². The summed E-state index contributed by atoms with van der Waals surface area (Å²) in [6.45, 7) is 11.3. The molecule has 0 bridgehead atoms. The van der Waals surface area contributed by atoms with Crippen molar-refractivity contribution in [2.75, 3.05) is 33.7 Å². The SMILES string of the molecule is CCCN(CCN(C)C)Cc1cc(CNC(C)C)no1. The molecular weight excluding hydrogens is 252 g/mol. The molecule has 0 aliphatic rings. The van der Waals surface area contributed by atoms with E-state index in [1.54, 1.807) is 0 Å². The molecule has 1 N–H and O–H groups in total. The van der Waals surface area contributed by atoms with Crippen LogP contribution in [0.3, 0.4) is 0 Å². The maximum absolute atomic E-state index is 5.44. The zero-order valence-electron chi connectivity index (χ0n) is 13.6. The van der Waals surface area contributed by atoms with E-state index in [1.165, 1.54) is 0 Å². The lowest BCUT2D eigenvalue weighted by molar-refractivity contribution is 0.209. The normalized spacial score (nSPS) is 12.0. The predicted molar refractivity (Wildman–Crippen MR) is 82.6 cm³/mol. The summed E-state index contributed by atoms with van der Waals surface area (Å²) in [6, 6.07) is 2.53. The molecule has 0 aliphatic carbocycles. The fourth-order valence-corrected chi connectivity index (χ4v) is 1.97. The summed E-state index contributed by atoms with van der Waals surface area (Å²) in [5.74, 6) is 0.956. The molecule has 0 atom stereocenters. The van der Waals surface area contributed by atoms with Crippen molar-refractivity contribution < 1.29 is 4.52 Å². The number of aromatic nitrogens is 1. The minimum Gasteiger partial charge on any atom is -0.360 e. The number of nitrogens with zero attached hydrogens (tertiary/aromatic N) is 3. The standard InChI is InChI=1S/C15H30N4O/c1-6-7-19(9-8-18(4)5)12-15-10-14(17-20-15)11-16-13(2)3/h10,13,16H,6-9,11-12H2,1-5H3. The number of hydrogen-bond acceptors (Lipinski definition) is 5. The van der Waals surface area contributed by atoms with Crippen molar-refractivity contribution in [1.82, 2.24) is 20.3 Å². The van der Waals surface area contributed by atoms with Crippen molar-refractivity contribution in [2.45, 2.75) is 46.3 Å². The summed E-state index contributed by atoms with van der Waals surface area (Å²) in [7, 11) is 4.21. The lowest BCUT2D eigenvalue weighted by Crippen LogP contribution is -2.31. The zero-order valence-corrected chi connectivity index (χ0v) is 13.6. The van der Waals surface area contributed by atoms with Gasteiger partial charge in [0, 0.05) is 31.7 Å². The molecule has 0 fully saturated rings. The quantitative estimate of drug-likeness (QED) is 0.710. The van der Waals surface area contributed by atoms with Gasteiger partial charge in [-0.05, 0) is 27.1 Å². The van der Waals surface area contributed by atoms with Gasteiger partial charge in [0.1, 0.15) is 0 Å². The van der Waals surface area contributed by atoms with E-state index < -0.39 is 0 Å². The molecule has 1 aromatic heterocycles. The predicted octanol–water partition coefficient (Wildman–Crippen LogP) is 1.95. The van der Waals surface area contributed by atoms with E-state index in [4.69, 9.17) is 4.52 Å². The number of hydrogen-bond donors (Lipinski definition) is 1. The molecule has 0 saturated heterocycles. The second-order valence-electron chi connectivity index (χ2n) is 5.90. The molecule has 1 heterocycles. The lowest BCUT2D eigenvalue weighted by atomic mass is 10.3. The first-order valence-electron chi connectivity index (χ1n) is 7.56. The van der Waals surface area contributed by atoms with Gasteiger partial charge < -0.3 is 14.7 Å². The van der Waals surface area contributed by atoms with Gasteiger partial charge in [0.25, 0.3) is 0 Å². The Kier molecular flexibility index (Phi) is 7.80. The molecule has 0 aromatic carbocycles. The lowest BCUT2D eigenvalue weighted by Gasteiger charge is -2.22. The minimum atomic E-state index is 0.465. The van der Waals surface area contributed by atoms with Crippen LogP contribution >= 0.6 is 0 Å². The molecule has 0 radical (unpaired) electrons. The fourth-order valence-electron chi connectivity index (χ4n) is 1.97. The summed E-state index contributed by atoms with van der Waals surface area (Å²) < 4.78 is 5.44. The van der Waals surface area contributed by atoms with Crippen LogP contribution in [0.2, 0.25) is 0 Å². The van der Waals surface area contributed by atoms with Crippen molar-refractivity contribution >= 4 is 0 Å². The largest absolute Gasteiger partial charge is 0.360 e. The molecule has 20 heavy (non-hydrogen) atoms. The van der Waals surface area contributed by atoms with Gasteiger partial charge in [-0.1, -0.05) is 25.9 Å². The Hall–Kier alpha value is -0.910. The third kappa shape index (κ3) is 7.03. The highest BCUT2D eigenvalue weighted by Crippen LogP contribution is 2.08. The first kappa shape index (κ1) is 17.1. The van der Waals surface area contributed by atoms with Gasteiger partial charge in [0.2, 0.25) is 0 Å². The van der Waals surface area contributed by atoms with Crippen molar-refractivity contribution in [3.63, 3.8) is 0 Å². The van der Waals surface area contributed by atoms with E-state index in [9.17, 15) is 0 Å². The summed E-state index contributed by atoms with van der Waals surface area (Å²) in [5.41, 5.74) is 0.984. The van der Waals surface area contributed by atoms with Gasteiger partial charge >= 0.3 is 0 Å². The van der Waals surface area contributed by atoms with Gasteiger partial charge in [0.15, 0.2) is 5.76 Å². The Morgan fingerprint density at radius 3 is 2.60 bits per heavy atom. The average molecular weight is 282 g/mol. The Morgan fingerprint density at radius 2 is 2.00 bits per heavy atom. The summed E-state index contributed by atoms with van der Waals surface area (Å²) in [5, 5.41) is 7.47. The van der Waals surface area contributed by atoms with Gasteiger partial charge in [-0.3, -0.25) is 4.90 Å². The van der Waals surface area contributed by atoms with Gasteiger partial charge in [0.05, 0.1) is 12.2 Å². The Labute approximate surface area is 123 Å². The van der Waals surface area contributed by atoms with Crippen molar-refractivity contribution in [3.05, 3.63) is 17.5 Å². The third-order valence-electron chi connectivity index (χ3n) is 3.08. The van der Waals surface area contributed by atoms with Gasteiger partial charge in [-0.15, -0.1) is 0 Å². The molecule has 0 unspecified atom stereocenters. The summed E-state index contributed by atoms with van der Waals surface area (Å²) in [4.78, 5) is 4.63. The van der Waals surface area contributed by atoms with Crippen LogP contribution in [0, 0.1) is 0 Å². The molecule has 0 amide bonds. The number of likely N-dealkylation sites (N-methyl/N-ethyl adjacent to an activating group) is 1. The Bertz CT molecular complexity index is 363. The number of rotatable bonds is 10. The molecule has 5 heteroatoms. The van der Waals surface area contributed by atoms with E-state index in [1.807, 2.05) is 0 Å². The van der Waals surface area contributed by atoms with Crippen molar-refractivity contribution in [1.29, 1.82) is 0 Å². The fraction of sp³-hybridized carbons (Fsp3) is 0.800. The second-order valence-corrected chi connectivity index (χ2v) is 5.90. The van der Waals surface area contributed by atoms with Gasteiger partial charge in [-0.25, -0.2) is 0 Å². The summed E-state index contributed by atoms with van der Waals surface area (Å²) in [6.07, 6.45) is 1.16. The van der Waals surface area contributed by atoms with Crippen LogP contribution in [0.25, 0.3) is 0 Å². The van der Waals surface area contributed by atoms with Crippen LogP contribution in [0.4, 0.5) is 0 Å². The summed E-state index contributed by atoms with van der Waals surface area (Å²) >= 11 is 0. The first-order chi connectivity index (χ1) is 9.51. The Balaban J connectivity index is 2.46. The smallest absolute Gasteiger partial charge is 0.151 e. The van der Waals surface area contributed by atoms with E-state index >= 15 is 0 Å². The molecule has 0 spiro atoms. The van der Waals surface area contributed by atoms with E-state index in [-0.39, 0.29) is 0 Å². The van der Waals surface area contributed by atoms with Gasteiger partial charge in [-0.2, -0.15) is 0 Å². The average Bonchev–Trinajstić information content (AvgIpc) is 2.81. The highest BCUT2D eigenvalue weighted by molar-refractivity contribution is 5.05. The van der Waals surface area contributed by atoms with Crippen molar-refractivity contribution in [3.8, 4) is 0 Å². The molecule has 5 nitrogen and oxygen atoms in total. The van der Waals surface area contributed by atoms with Crippen molar-refractivity contribution in [2.24, 2.45) is 0 Å². The third-order valence-corrected chi connectivity index (χ3v) is 3.08. The van der Waals surface area contributed by atoms with Crippen LogP contribution < -0.4 is 5.32 Å². The molecule has 1 aromatic rings. The first-order valence-corrected chi connectivity index (χ1v) is 7.56. The van der Waals surface area contributed by atoms with Crippen LogP contribution in [0.5, 0.6) is 0 Å². The zero-order chi connectivity index (χ0) is 15.0. The molecule has 116 valence electrons. The molecule has 0 saturated carbocycles. The minimum absolute atomic E-state index is 0.465. The van der Waals surface area contributed by atoms with Crippen LogP contribution in [-0.2, 0) is 13.1 Å². The van der Waals surface area contributed by atoms with E-state index in [2.05, 4.69) is 61.2 Å². The highest BCUT2D eigenvalue weighted by Gasteiger charge is 2.10. The Morgan fingerprint density at radius 1 is 1.25 bits per heavy atom. The van der Waals surface area contributed by atoms with Crippen LogP contribution in [0.15, 0.2) is 10.6 Å². The maximum atomic E-state index is 5.44. The molecule has 0 aliphatic heterocycles. The van der Waals surface area contributed by atoms with E-state index in [0.29, 0.717) is 6.04 Å². The second kappa shape index (κ2) is 9.10. The number of nitrogens with one attached hydrogen (secondary N) is 1.